The Morgan fingerprint density at radius 3 is 2.62 bits per heavy atom. The highest BCUT2D eigenvalue weighted by atomic mass is 16.6. The first kappa shape index (κ1) is 20.3. The van der Waals surface area contributed by atoms with Gasteiger partial charge in [-0.3, -0.25) is 4.79 Å². The third-order valence-electron chi connectivity index (χ3n) is 7.20. The number of rotatable bonds is 6. The van der Waals surface area contributed by atoms with E-state index in [1.807, 2.05) is 12.1 Å². The topological polar surface area (TPSA) is 55.8 Å². The van der Waals surface area contributed by atoms with Crippen LogP contribution in [0.2, 0.25) is 0 Å². The van der Waals surface area contributed by atoms with Crippen LogP contribution in [-0.4, -0.2) is 16.7 Å². The molecule has 29 heavy (non-hydrogen) atoms. The van der Waals surface area contributed by atoms with Crippen LogP contribution in [-0.2, 0) is 15.1 Å². The number of hydrogen-bond donors (Lipinski definition) is 1. The summed E-state index contributed by atoms with van der Waals surface area (Å²) in [6, 6.07) is 3.87. The standard InChI is InChI=1S/C25H34O4/c1-5-6-7-8-11-25(15-22(27)29-25)17-13-20(26)23-18-12-16(2)9-10-19(18)24(3,4)28-21(23)14-17/h9,13-14,18-19,26H,5-8,10-12,15H2,1-4H3. The minimum absolute atomic E-state index is 0.160. The van der Waals surface area contributed by atoms with Crippen molar-refractivity contribution in [1.82, 2.24) is 0 Å². The lowest BCUT2D eigenvalue weighted by Crippen LogP contribution is -2.47. The van der Waals surface area contributed by atoms with E-state index in [9.17, 15) is 9.90 Å². The molecule has 2 aliphatic heterocycles. The Kier molecular flexibility index (Phi) is 5.16. The van der Waals surface area contributed by atoms with E-state index in [0.717, 1.165) is 49.0 Å². The van der Waals surface area contributed by atoms with Gasteiger partial charge in [0.25, 0.3) is 0 Å². The van der Waals surface area contributed by atoms with Crippen LogP contribution in [0.5, 0.6) is 11.5 Å². The molecule has 3 atom stereocenters. The number of cyclic esters (lactones) is 1. The summed E-state index contributed by atoms with van der Waals surface area (Å²) in [6.45, 7) is 8.66. The molecule has 4 nitrogen and oxygen atoms in total. The van der Waals surface area contributed by atoms with Crippen LogP contribution in [0, 0.1) is 5.92 Å². The quantitative estimate of drug-likeness (QED) is 0.356. The van der Waals surface area contributed by atoms with Crippen LogP contribution in [0.4, 0.5) is 0 Å². The molecule has 1 aliphatic carbocycles. The Morgan fingerprint density at radius 1 is 1.17 bits per heavy atom. The molecular weight excluding hydrogens is 364 g/mol. The average Bonchev–Trinajstić information content (AvgIpc) is 2.62. The molecule has 0 bridgehead atoms. The molecule has 1 fully saturated rings. The largest absolute Gasteiger partial charge is 0.508 e. The van der Waals surface area contributed by atoms with Gasteiger partial charge in [0.15, 0.2) is 0 Å². The van der Waals surface area contributed by atoms with E-state index in [0.29, 0.717) is 12.3 Å². The molecule has 1 N–H and O–H groups in total. The molecule has 2 heterocycles. The number of esters is 1. The summed E-state index contributed by atoms with van der Waals surface area (Å²) in [4.78, 5) is 11.8. The first-order valence-electron chi connectivity index (χ1n) is 11.2. The number of phenolic OH excluding ortho intramolecular Hbond substituents is 1. The molecule has 0 spiro atoms. The van der Waals surface area contributed by atoms with E-state index >= 15 is 0 Å². The lowest BCUT2D eigenvalue weighted by Gasteiger charge is -2.48. The molecule has 3 aliphatic rings. The fraction of sp³-hybridized carbons (Fsp3) is 0.640. The highest BCUT2D eigenvalue weighted by molar-refractivity contribution is 5.78. The normalized spacial score (nSPS) is 29.7. The molecular formula is C25H34O4. The van der Waals surface area contributed by atoms with Crippen LogP contribution in [0.15, 0.2) is 23.8 Å². The summed E-state index contributed by atoms with van der Waals surface area (Å²) in [7, 11) is 0. The molecule has 0 saturated carbocycles. The molecule has 158 valence electrons. The maximum atomic E-state index is 11.8. The molecule has 1 aromatic rings. The average molecular weight is 399 g/mol. The number of fused-ring (bicyclic) bond motifs is 3. The second-order valence-electron chi connectivity index (χ2n) is 9.77. The second kappa shape index (κ2) is 7.37. The number of carbonyl (C=O) groups is 1. The fourth-order valence-electron chi connectivity index (χ4n) is 5.55. The van der Waals surface area contributed by atoms with Crippen molar-refractivity contribution in [2.45, 2.75) is 96.2 Å². The Hall–Kier alpha value is -1.97. The van der Waals surface area contributed by atoms with Gasteiger partial charge in [-0.15, -0.1) is 0 Å². The number of hydrogen-bond acceptors (Lipinski definition) is 4. The lowest BCUT2D eigenvalue weighted by atomic mass is 9.66. The number of aromatic hydroxyl groups is 1. The van der Waals surface area contributed by atoms with Crippen molar-refractivity contribution in [3.63, 3.8) is 0 Å². The third-order valence-corrected chi connectivity index (χ3v) is 7.20. The minimum Gasteiger partial charge on any atom is -0.508 e. The SMILES string of the molecule is CCCCCCC1(c2cc(O)c3c(c2)OC(C)(C)C2CC=C(C)CC32)CC(=O)O1. The van der Waals surface area contributed by atoms with Gasteiger partial charge in [0, 0.05) is 23.0 Å². The van der Waals surface area contributed by atoms with Crippen molar-refractivity contribution in [3.05, 3.63) is 34.9 Å². The number of carbonyl (C=O) groups excluding carboxylic acids is 1. The smallest absolute Gasteiger partial charge is 0.311 e. The number of allylic oxidation sites excluding steroid dienone is 2. The van der Waals surface area contributed by atoms with Gasteiger partial charge in [0.1, 0.15) is 22.7 Å². The van der Waals surface area contributed by atoms with E-state index in [1.165, 1.54) is 18.4 Å². The Labute approximate surface area is 174 Å². The van der Waals surface area contributed by atoms with Gasteiger partial charge in [-0.2, -0.15) is 0 Å². The van der Waals surface area contributed by atoms with Crippen molar-refractivity contribution >= 4 is 5.97 Å². The highest BCUT2D eigenvalue weighted by Crippen LogP contribution is 2.56. The Balaban J connectivity index is 1.69. The number of unbranched alkanes of at least 4 members (excludes halogenated alkanes) is 3. The van der Waals surface area contributed by atoms with Gasteiger partial charge in [-0.1, -0.05) is 37.8 Å². The highest BCUT2D eigenvalue weighted by Gasteiger charge is 2.50. The van der Waals surface area contributed by atoms with Crippen molar-refractivity contribution in [2.24, 2.45) is 5.92 Å². The molecule has 4 rings (SSSR count). The van der Waals surface area contributed by atoms with Crippen LogP contribution in [0.1, 0.15) is 96.1 Å². The predicted molar refractivity (Wildman–Crippen MR) is 113 cm³/mol. The number of phenols is 1. The fourth-order valence-corrected chi connectivity index (χ4v) is 5.55. The van der Waals surface area contributed by atoms with Gasteiger partial charge < -0.3 is 14.6 Å². The molecule has 0 radical (unpaired) electrons. The van der Waals surface area contributed by atoms with Crippen LogP contribution in [0.25, 0.3) is 0 Å². The van der Waals surface area contributed by atoms with Crippen LogP contribution >= 0.6 is 0 Å². The van der Waals surface area contributed by atoms with Crippen molar-refractivity contribution in [2.75, 3.05) is 0 Å². The van der Waals surface area contributed by atoms with E-state index < -0.39 is 5.60 Å². The van der Waals surface area contributed by atoms with Crippen molar-refractivity contribution < 1.29 is 19.4 Å². The zero-order chi connectivity index (χ0) is 20.8. The second-order valence-corrected chi connectivity index (χ2v) is 9.77. The van der Waals surface area contributed by atoms with Gasteiger partial charge in [-0.05, 0) is 58.6 Å². The van der Waals surface area contributed by atoms with E-state index in [-0.39, 0.29) is 23.2 Å². The summed E-state index contributed by atoms with van der Waals surface area (Å²) < 4.78 is 12.1. The first-order valence-corrected chi connectivity index (χ1v) is 11.2. The molecule has 0 aromatic heterocycles. The van der Waals surface area contributed by atoms with Crippen molar-refractivity contribution in [1.29, 1.82) is 0 Å². The molecule has 1 aromatic carbocycles. The predicted octanol–water partition coefficient (Wildman–Crippen LogP) is 6.12. The monoisotopic (exact) mass is 398 g/mol. The van der Waals surface area contributed by atoms with E-state index in [4.69, 9.17) is 9.47 Å². The zero-order valence-corrected chi connectivity index (χ0v) is 18.2. The van der Waals surface area contributed by atoms with Gasteiger partial charge in [0.05, 0.1) is 6.42 Å². The number of benzene rings is 1. The van der Waals surface area contributed by atoms with Gasteiger partial charge >= 0.3 is 5.97 Å². The van der Waals surface area contributed by atoms with Crippen LogP contribution in [0.3, 0.4) is 0 Å². The molecule has 0 amide bonds. The summed E-state index contributed by atoms with van der Waals surface area (Å²) >= 11 is 0. The Morgan fingerprint density at radius 2 is 1.93 bits per heavy atom. The van der Waals surface area contributed by atoms with E-state index in [1.54, 1.807) is 0 Å². The maximum Gasteiger partial charge on any atom is 0.311 e. The summed E-state index contributed by atoms with van der Waals surface area (Å²) in [5, 5.41) is 11.1. The number of ether oxygens (including phenoxy) is 2. The molecule has 4 heteroatoms. The minimum atomic E-state index is -0.607. The van der Waals surface area contributed by atoms with Crippen molar-refractivity contribution in [3.8, 4) is 11.5 Å². The third kappa shape index (κ3) is 3.55. The lowest BCUT2D eigenvalue weighted by molar-refractivity contribution is -0.196. The Bertz CT molecular complexity index is 827. The molecule has 1 saturated heterocycles. The van der Waals surface area contributed by atoms with Gasteiger partial charge in [0.2, 0.25) is 0 Å². The summed E-state index contributed by atoms with van der Waals surface area (Å²) in [5.74, 6) is 1.50. The maximum absolute atomic E-state index is 11.8. The van der Waals surface area contributed by atoms with Gasteiger partial charge in [-0.25, -0.2) is 0 Å². The van der Waals surface area contributed by atoms with Crippen LogP contribution < -0.4 is 4.74 Å². The summed E-state index contributed by atoms with van der Waals surface area (Å²) in [5.41, 5.74) is 2.27. The van der Waals surface area contributed by atoms with E-state index in [2.05, 4.69) is 33.8 Å². The zero-order valence-electron chi connectivity index (χ0n) is 18.2. The summed E-state index contributed by atoms with van der Waals surface area (Å²) in [6.07, 6.45) is 9.92. The molecule has 3 unspecified atom stereocenters. The first-order chi connectivity index (χ1) is 13.8.